The van der Waals surface area contributed by atoms with Gasteiger partial charge in [0.05, 0.1) is 17.3 Å². The molecule has 2 rings (SSSR count). The molecule has 0 bridgehead atoms. The monoisotopic (exact) mass is 170 g/mol. The third-order valence-electron chi connectivity index (χ3n) is 2.15. The smallest absolute Gasteiger partial charge is 0.0849 e. The zero-order valence-corrected chi connectivity index (χ0v) is 7.49. The van der Waals surface area contributed by atoms with Gasteiger partial charge in [0.2, 0.25) is 0 Å². The Morgan fingerprint density at radius 3 is 3.15 bits per heavy atom. The molecule has 0 aromatic carbocycles. The maximum absolute atomic E-state index is 5.41. The largest absolute Gasteiger partial charge is 0.239 e. The Bertz CT molecular complexity index is 474. The summed E-state index contributed by atoms with van der Waals surface area (Å²) in [5.41, 5.74) is 3.18. The minimum atomic E-state index is 0.914. The van der Waals surface area contributed by atoms with Crippen LogP contribution in [-0.2, 0) is 6.42 Å². The van der Waals surface area contributed by atoms with E-state index in [1.807, 2.05) is 29.0 Å². The quantitative estimate of drug-likeness (QED) is 0.597. The van der Waals surface area contributed by atoms with Crippen molar-refractivity contribution < 1.29 is 0 Å². The van der Waals surface area contributed by atoms with Crippen molar-refractivity contribution in [3.8, 4) is 12.3 Å². The van der Waals surface area contributed by atoms with Crippen LogP contribution in [0.3, 0.4) is 0 Å². The van der Waals surface area contributed by atoms with Crippen molar-refractivity contribution >= 4 is 5.52 Å². The van der Waals surface area contributed by atoms with Gasteiger partial charge in [-0.25, -0.2) is 4.52 Å². The van der Waals surface area contributed by atoms with Crippen molar-refractivity contribution in [3.63, 3.8) is 0 Å². The molecule has 0 aliphatic rings. The van der Waals surface area contributed by atoms with Gasteiger partial charge in [0.1, 0.15) is 0 Å². The Kier molecular flexibility index (Phi) is 1.79. The van der Waals surface area contributed by atoms with Crippen LogP contribution in [0.5, 0.6) is 0 Å². The Morgan fingerprint density at radius 2 is 2.46 bits per heavy atom. The second-order valence-corrected chi connectivity index (χ2v) is 2.88. The summed E-state index contributed by atoms with van der Waals surface area (Å²) in [7, 11) is 0. The van der Waals surface area contributed by atoms with Gasteiger partial charge in [-0.3, -0.25) is 0 Å². The average Bonchev–Trinajstić information content (AvgIpc) is 2.60. The highest BCUT2D eigenvalue weighted by Crippen LogP contribution is 2.15. The maximum atomic E-state index is 5.41. The summed E-state index contributed by atoms with van der Waals surface area (Å²) < 4.78 is 1.83. The molecular formula is C11H10N2. The highest BCUT2D eigenvalue weighted by atomic mass is 15.2. The van der Waals surface area contributed by atoms with Gasteiger partial charge in [-0.05, 0) is 24.1 Å². The lowest BCUT2D eigenvalue weighted by atomic mass is 10.1. The minimum Gasteiger partial charge on any atom is -0.239 e. The molecule has 0 atom stereocenters. The molecule has 0 aliphatic heterocycles. The minimum absolute atomic E-state index is 0.914. The van der Waals surface area contributed by atoms with Crippen molar-refractivity contribution in [1.82, 2.24) is 9.61 Å². The lowest BCUT2D eigenvalue weighted by Crippen LogP contribution is -1.89. The predicted molar refractivity (Wildman–Crippen MR) is 52.5 cm³/mol. The number of fused-ring (bicyclic) bond motifs is 1. The number of nitrogens with zero attached hydrogens (tertiary/aromatic N) is 2. The third kappa shape index (κ3) is 1.09. The first-order valence-corrected chi connectivity index (χ1v) is 4.28. The fourth-order valence-corrected chi connectivity index (χ4v) is 1.48. The van der Waals surface area contributed by atoms with Gasteiger partial charge in [-0.1, -0.05) is 12.8 Å². The van der Waals surface area contributed by atoms with E-state index in [0.29, 0.717) is 0 Å². The number of aromatic nitrogens is 2. The summed E-state index contributed by atoms with van der Waals surface area (Å²) in [6.45, 7) is 2.10. The molecule has 13 heavy (non-hydrogen) atoms. The predicted octanol–water partition coefficient (Wildman–Crippen LogP) is 1.88. The van der Waals surface area contributed by atoms with Crippen molar-refractivity contribution in [2.75, 3.05) is 0 Å². The highest BCUT2D eigenvalue weighted by molar-refractivity contribution is 5.65. The molecule has 2 heterocycles. The van der Waals surface area contributed by atoms with Crippen LogP contribution in [0.2, 0.25) is 0 Å². The summed E-state index contributed by atoms with van der Waals surface area (Å²) >= 11 is 0. The van der Waals surface area contributed by atoms with Crippen molar-refractivity contribution in [2.45, 2.75) is 13.3 Å². The zero-order chi connectivity index (χ0) is 9.26. The first kappa shape index (κ1) is 7.88. The Labute approximate surface area is 77.2 Å². The highest BCUT2D eigenvalue weighted by Gasteiger charge is 2.04. The van der Waals surface area contributed by atoms with Crippen LogP contribution in [0.4, 0.5) is 0 Å². The number of aryl methyl sites for hydroxylation is 1. The summed E-state index contributed by atoms with van der Waals surface area (Å²) in [6.07, 6.45) is 10.2. The standard InChI is InChI=1S/C11H10N2/c1-3-9-6-5-7-13-11(9)10(4-2)8-12-13/h1,5-8H,4H2,2H3. The fourth-order valence-electron chi connectivity index (χ4n) is 1.48. The molecule has 0 amide bonds. The normalized spacial score (nSPS) is 10.2. The van der Waals surface area contributed by atoms with Crippen LogP contribution in [0.1, 0.15) is 18.1 Å². The molecule has 0 unspecified atom stereocenters. The van der Waals surface area contributed by atoms with Crippen LogP contribution >= 0.6 is 0 Å². The topological polar surface area (TPSA) is 17.3 Å². The van der Waals surface area contributed by atoms with Gasteiger partial charge in [0.15, 0.2) is 0 Å². The van der Waals surface area contributed by atoms with Crippen LogP contribution in [-0.4, -0.2) is 9.61 Å². The summed E-state index contributed by atoms with van der Waals surface area (Å²) in [6, 6.07) is 3.85. The summed E-state index contributed by atoms with van der Waals surface area (Å²) in [5.74, 6) is 2.67. The van der Waals surface area contributed by atoms with Gasteiger partial charge < -0.3 is 0 Å². The second kappa shape index (κ2) is 2.95. The summed E-state index contributed by atoms with van der Waals surface area (Å²) in [5, 5.41) is 4.22. The van der Waals surface area contributed by atoms with Gasteiger partial charge in [0, 0.05) is 6.20 Å². The molecule has 64 valence electrons. The third-order valence-corrected chi connectivity index (χ3v) is 2.15. The van der Waals surface area contributed by atoms with Gasteiger partial charge in [-0.2, -0.15) is 5.10 Å². The van der Waals surface area contributed by atoms with Crippen LogP contribution in [0, 0.1) is 12.3 Å². The lowest BCUT2D eigenvalue weighted by molar-refractivity contribution is 0.959. The molecular weight excluding hydrogens is 160 g/mol. The van der Waals surface area contributed by atoms with Gasteiger partial charge >= 0.3 is 0 Å². The first-order chi connectivity index (χ1) is 6.36. The van der Waals surface area contributed by atoms with E-state index in [4.69, 9.17) is 6.42 Å². The van der Waals surface area contributed by atoms with Gasteiger partial charge in [0.25, 0.3) is 0 Å². The van der Waals surface area contributed by atoms with E-state index in [0.717, 1.165) is 17.5 Å². The second-order valence-electron chi connectivity index (χ2n) is 2.88. The molecule has 0 radical (unpaired) electrons. The van der Waals surface area contributed by atoms with Crippen LogP contribution in [0.15, 0.2) is 24.5 Å². The van der Waals surface area contributed by atoms with Crippen molar-refractivity contribution in [1.29, 1.82) is 0 Å². The van der Waals surface area contributed by atoms with E-state index in [1.54, 1.807) is 0 Å². The van der Waals surface area contributed by atoms with E-state index in [1.165, 1.54) is 5.56 Å². The maximum Gasteiger partial charge on any atom is 0.0849 e. The Hall–Kier alpha value is -1.75. The molecule has 0 saturated carbocycles. The van der Waals surface area contributed by atoms with E-state index >= 15 is 0 Å². The number of hydrogen-bond acceptors (Lipinski definition) is 1. The molecule has 2 aromatic rings. The number of terminal acetylenes is 1. The van der Waals surface area contributed by atoms with Crippen molar-refractivity contribution in [2.24, 2.45) is 0 Å². The SMILES string of the molecule is C#Cc1cccn2ncc(CC)c12. The molecule has 2 heteroatoms. The number of hydrogen-bond donors (Lipinski definition) is 0. The average molecular weight is 170 g/mol. The van der Waals surface area contributed by atoms with Crippen LogP contribution < -0.4 is 0 Å². The Balaban J connectivity index is 2.85. The fraction of sp³-hybridized carbons (Fsp3) is 0.182. The molecule has 0 N–H and O–H groups in total. The molecule has 0 aliphatic carbocycles. The molecule has 0 fully saturated rings. The van der Waals surface area contributed by atoms with Gasteiger partial charge in [-0.15, -0.1) is 6.42 Å². The van der Waals surface area contributed by atoms with E-state index < -0.39 is 0 Å². The number of rotatable bonds is 1. The van der Waals surface area contributed by atoms with Crippen LogP contribution in [0.25, 0.3) is 5.52 Å². The van der Waals surface area contributed by atoms with E-state index in [9.17, 15) is 0 Å². The molecule has 0 spiro atoms. The zero-order valence-electron chi connectivity index (χ0n) is 7.49. The van der Waals surface area contributed by atoms with Crippen molar-refractivity contribution in [3.05, 3.63) is 35.7 Å². The lowest BCUT2D eigenvalue weighted by Gasteiger charge is -1.97. The first-order valence-electron chi connectivity index (χ1n) is 4.28. The Morgan fingerprint density at radius 1 is 1.62 bits per heavy atom. The van der Waals surface area contributed by atoms with E-state index in [2.05, 4.69) is 17.9 Å². The molecule has 2 nitrogen and oxygen atoms in total. The molecule has 2 aromatic heterocycles. The molecule has 0 saturated heterocycles. The summed E-state index contributed by atoms with van der Waals surface area (Å²) in [4.78, 5) is 0. The van der Waals surface area contributed by atoms with E-state index in [-0.39, 0.29) is 0 Å². The number of pyridine rings is 1.